The van der Waals surface area contributed by atoms with E-state index in [4.69, 9.17) is 9.97 Å². The van der Waals surface area contributed by atoms with E-state index in [9.17, 15) is 9.59 Å². The maximum Gasteiger partial charge on any atom is 0.245 e. The SMILES string of the molecule is CN(C)[C@@H](C(=O)N1CCC[C@H]1c1ncc(-c2ccc(-c3ccc(-c4cnc([C@@H]5CCC[C@H]5C(=O)NCc5ccccc5)[nH]4)cc3)cc2)[nH]1)c1ccccc1. The molecule has 0 radical (unpaired) electrons. The first kappa shape index (κ1) is 35.2. The molecule has 0 unspecified atom stereocenters. The monoisotopic (exact) mass is 717 g/mol. The third-order valence-electron chi connectivity index (χ3n) is 11.1. The smallest absolute Gasteiger partial charge is 0.245 e. The van der Waals surface area contributed by atoms with E-state index in [0.717, 1.165) is 95.1 Å². The van der Waals surface area contributed by atoms with Crippen LogP contribution in [0.1, 0.15) is 72.9 Å². The minimum atomic E-state index is -0.338. The fourth-order valence-corrected chi connectivity index (χ4v) is 8.29. The lowest BCUT2D eigenvalue weighted by atomic mass is 9.94. The largest absolute Gasteiger partial charge is 0.352 e. The van der Waals surface area contributed by atoms with Crippen LogP contribution in [0, 0.1) is 5.92 Å². The number of aromatic nitrogens is 4. The number of carbonyl (C=O) groups excluding carboxylic acids is 2. The molecule has 1 aliphatic carbocycles. The van der Waals surface area contributed by atoms with Crippen molar-refractivity contribution >= 4 is 11.8 Å². The van der Waals surface area contributed by atoms with E-state index in [1.807, 2.05) is 97.0 Å². The predicted octanol–water partition coefficient (Wildman–Crippen LogP) is 8.30. The van der Waals surface area contributed by atoms with Crippen molar-refractivity contribution in [3.05, 3.63) is 144 Å². The summed E-state index contributed by atoms with van der Waals surface area (Å²) in [5.74, 6) is 1.95. The van der Waals surface area contributed by atoms with Gasteiger partial charge in [0.2, 0.25) is 11.8 Å². The third-order valence-corrected chi connectivity index (χ3v) is 11.1. The average Bonchev–Trinajstić information content (AvgIpc) is 4.05. The Morgan fingerprint density at radius 3 is 1.93 bits per heavy atom. The number of nitrogens with zero attached hydrogens (tertiary/aromatic N) is 4. The van der Waals surface area contributed by atoms with Crippen LogP contribution < -0.4 is 5.32 Å². The molecule has 0 spiro atoms. The highest BCUT2D eigenvalue weighted by atomic mass is 16.2. The van der Waals surface area contributed by atoms with Crippen LogP contribution in [0.4, 0.5) is 0 Å². The Labute approximate surface area is 316 Å². The first-order valence-corrected chi connectivity index (χ1v) is 19.1. The van der Waals surface area contributed by atoms with Gasteiger partial charge in [0.25, 0.3) is 0 Å². The lowest BCUT2D eigenvalue weighted by molar-refractivity contribution is -0.137. The Balaban J connectivity index is 0.908. The maximum atomic E-state index is 13.9. The van der Waals surface area contributed by atoms with Gasteiger partial charge in [0.1, 0.15) is 17.7 Å². The topological polar surface area (TPSA) is 110 Å². The lowest BCUT2D eigenvalue weighted by Gasteiger charge is -2.31. The molecular weight excluding hydrogens is 671 g/mol. The molecule has 2 aliphatic rings. The van der Waals surface area contributed by atoms with Gasteiger partial charge >= 0.3 is 0 Å². The Hall–Kier alpha value is -5.80. The molecule has 0 bridgehead atoms. The van der Waals surface area contributed by atoms with Crippen molar-refractivity contribution in [2.45, 2.75) is 56.7 Å². The van der Waals surface area contributed by atoms with Crippen LogP contribution in [0.25, 0.3) is 33.6 Å². The van der Waals surface area contributed by atoms with Crippen molar-refractivity contribution in [3.8, 4) is 33.6 Å². The van der Waals surface area contributed by atoms with Crippen LogP contribution in [0.5, 0.6) is 0 Å². The molecule has 54 heavy (non-hydrogen) atoms. The minimum absolute atomic E-state index is 0.0752. The number of H-pyrrole nitrogens is 2. The summed E-state index contributed by atoms with van der Waals surface area (Å²) in [6, 6.07) is 36.6. The second-order valence-electron chi connectivity index (χ2n) is 14.8. The van der Waals surface area contributed by atoms with Crippen LogP contribution in [-0.4, -0.2) is 62.2 Å². The molecule has 1 aliphatic heterocycles. The molecule has 4 atom stereocenters. The molecule has 4 aromatic carbocycles. The third kappa shape index (κ3) is 7.37. The Morgan fingerprint density at radius 2 is 1.30 bits per heavy atom. The quantitative estimate of drug-likeness (QED) is 0.125. The van der Waals surface area contributed by atoms with Crippen LogP contribution in [0.2, 0.25) is 0 Å². The van der Waals surface area contributed by atoms with E-state index in [1.165, 1.54) is 0 Å². The zero-order valence-corrected chi connectivity index (χ0v) is 30.9. The number of aromatic amines is 2. The number of benzene rings is 4. The van der Waals surface area contributed by atoms with Crippen LogP contribution in [0.15, 0.2) is 122 Å². The molecule has 8 rings (SSSR count). The molecular formula is C45H47N7O2. The number of likely N-dealkylation sites (N-methyl/N-ethyl adjacent to an activating group) is 1. The summed E-state index contributed by atoms with van der Waals surface area (Å²) in [6.07, 6.45) is 8.45. The highest BCUT2D eigenvalue weighted by Crippen LogP contribution is 2.40. The predicted molar refractivity (Wildman–Crippen MR) is 212 cm³/mol. The van der Waals surface area contributed by atoms with Crippen molar-refractivity contribution in [1.29, 1.82) is 0 Å². The van der Waals surface area contributed by atoms with Crippen LogP contribution in [0.3, 0.4) is 0 Å². The van der Waals surface area contributed by atoms with Gasteiger partial charge in [0.15, 0.2) is 0 Å². The highest BCUT2D eigenvalue weighted by molar-refractivity contribution is 5.84. The summed E-state index contributed by atoms with van der Waals surface area (Å²) in [6.45, 7) is 1.27. The zero-order chi connectivity index (χ0) is 37.0. The molecule has 6 aromatic rings. The number of hydrogen-bond donors (Lipinski definition) is 3. The first-order chi connectivity index (χ1) is 26.4. The molecule has 274 valence electrons. The van der Waals surface area contributed by atoms with Gasteiger partial charge in [0.05, 0.1) is 29.8 Å². The Bertz CT molecular complexity index is 2170. The van der Waals surface area contributed by atoms with Crippen molar-refractivity contribution in [2.75, 3.05) is 20.6 Å². The summed E-state index contributed by atoms with van der Waals surface area (Å²) in [5, 5.41) is 3.14. The van der Waals surface area contributed by atoms with E-state index < -0.39 is 0 Å². The lowest BCUT2D eigenvalue weighted by Crippen LogP contribution is -2.40. The number of rotatable bonds is 11. The van der Waals surface area contributed by atoms with Crippen molar-refractivity contribution < 1.29 is 9.59 Å². The second kappa shape index (κ2) is 15.7. The van der Waals surface area contributed by atoms with Crippen molar-refractivity contribution in [3.63, 3.8) is 0 Å². The second-order valence-corrected chi connectivity index (χ2v) is 14.8. The summed E-state index contributed by atoms with van der Waals surface area (Å²) in [7, 11) is 3.92. The fraction of sp³-hybridized carbons (Fsp3) is 0.289. The number of nitrogens with one attached hydrogen (secondary N) is 3. The van der Waals surface area contributed by atoms with E-state index in [-0.39, 0.29) is 35.7 Å². The summed E-state index contributed by atoms with van der Waals surface area (Å²) in [4.78, 5) is 47.6. The Morgan fingerprint density at radius 1 is 0.722 bits per heavy atom. The van der Waals surface area contributed by atoms with Gasteiger partial charge < -0.3 is 20.2 Å². The molecule has 2 aromatic heterocycles. The number of carbonyl (C=O) groups is 2. The Kier molecular flexibility index (Phi) is 10.2. The van der Waals surface area contributed by atoms with E-state index in [1.54, 1.807) is 0 Å². The summed E-state index contributed by atoms with van der Waals surface area (Å²) < 4.78 is 0. The van der Waals surface area contributed by atoms with Crippen LogP contribution >= 0.6 is 0 Å². The molecule has 2 fully saturated rings. The maximum absolute atomic E-state index is 13.9. The standard InChI is InChI=1S/C45H47N7O2/c1-51(2)41(35-13-7-4-8-14-35)45(54)52-26-10-17-40(52)43-47-29-39(50-43)34-24-20-32(21-25-34)31-18-22-33(23-19-31)38-28-46-42(49-38)36-15-9-16-37(36)44(53)48-27-30-11-5-3-6-12-30/h3-8,11-14,18-25,28-29,36-37,40-41H,9-10,15-17,26-27H2,1-2H3,(H,46,49)(H,47,50)(H,48,53)/t36-,37-,40+,41-/m1/s1. The van der Waals surface area contributed by atoms with Gasteiger partial charge in [-0.05, 0) is 73.2 Å². The molecule has 1 saturated heterocycles. The zero-order valence-electron chi connectivity index (χ0n) is 30.9. The minimum Gasteiger partial charge on any atom is -0.352 e. The molecule has 9 nitrogen and oxygen atoms in total. The number of imidazole rings is 2. The fourth-order valence-electron chi connectivity index (χ4n) is 8.29. The van der Waals surface area contributed by atoms with Gasteiger partial charge in [-0.2, -0.15) is 0 Å². The number of likely N-dealkylation sites (tertiary alicyclic amines) is 1. The highest BCUT2D eigenvalue weighted by Gasteiger charge is 2.37. The van der Waals surface area contributed by atoms with Gasteiger partial charge in [-0.1, -0.05) is 116 Å². The first-order valence-electron chi connectivity index (χ1n) is 19.1. The number of hydrogen-bond acceptors (Lipinski definition) is 5. The summed E-state index contributed by atoms with van der Waals surface area (Å²) >= 11 is 0. The van der Waals surface area contributed by atoms with Gasteiger partial charge in [-0.25, -0.2) is 9.97 Å². The normalized spacial score (nSPS) is 18.9. The summed E-state index contributed by atoms with van der Waals surface area (Å²) in [5.41, 5.74) is 8.34. The van der Waals surface area contributed by atoms with E-state index in [0.29, 0.717) is 6.54 Å². The molecule has 3 heterocycles. The van der Waals surface area contributed by atoms with Crippen molar-refractivity contribution in [2.24, 2.45) is 5.92 Å². The van der Waals surface area contributed by atoms with E-state index >= 15 is 0 Å². The number of amides is 2. The average molecular weight is 718 g/mol. The van der Waals surface area contributed by atoms with Crippen molar-refractivity contribution in [1.82, 2.24) is 35.1 Å². The van der Waals surface area contributed by atoms with Gasteiger partial charge in [-0.3, -0.25) is 14.5 Å². The van der Waals surface area contributed by atoms with Gasteiger partial charge in [0, 0.05) is 24.9 Å². The molecule has 2 amide bonds. The van der Waals surface area contributed by atoms with E-state index in [2.05, 4.69) is 63.8 Å². The molecule has 1 saturated carbocycles. The van der Waals surface area contributed by atoms with Crippen LogP contribution in [-0.2, 0) is 16.1 Å². The van der Waals surface area contributed by atoms with Gasteiger partial charge in [-0.15, -0.1) is 0 Å². The molecule has 9 heteroatoms. The molecule has 3 N–H and O–H groups in total.